The molecule has 31 heavy (non-hydrogen) atoms. The molecule has 0 unspecified atom stereocenters. The molecular formula is C24H17Cl3N2O2. The number of carbonyl (C=O) groups is 1. The second-order valence-electron chi connectivity index (χ2n) is 7.11. The molecule has 4 rings (SSSR count). The molecule has 0 aliphatic heterocycles. The van der Waals surface area contributed by atoms with Crippen molar-refractivity contribution in [1.82, 2.24) is 9.55 Å². The first-order chi connectivity index (χ1) is 14.8. The van der Waals surface area contributed by atoms with Gasteiger partial charge >= 0.3 is 5.97 Å². The molecule has 3 aromatic carbocycles. The number of aromatic nitrogens is 2. The summed E-state index contributed by atoms with van der Waals surface area (Å²) in [5.74, 6) is -0.569. The number of aryl methyl sites for hydroxylation is 1. The van der Waals surface area contributed by atoms with Gasteiger partial charge in [-0.2, -0.15) is 0 Å². The van der Waals surface area contributed by atoms with Gasteiger partial charge in [0, 0.05) is 27.1 Å². The number of benzene rings is 3. The van der Waals surface area contributed by atoms with Crippen LogP contribution in [0, 0.1) is 6.92 Å². The first-order valence-corrected chi connectivity index (χ1v) is 10.6. The van der Waals surface area contributed by atoms with Gasteiger partial charge in [0.15, 0.2) is 5.69 Å². The zero-order valence-electron chi connectivity index (χ0n) is 16.4. The van der Waals surface area contributed by atoms with Gasteiger partial charge in [-0.3, -0.25) is 4.57 Å². The van der Waals surface area contributed by atoms with Crippen LogP contribution >= 0.6 is 34.8 Å². The smallest absolute Gasteiger partial charge is 0.356 e. The van der Waals surface area contributed by atoms with Crippen molar-refractivity contribution in [1.29, 1.82) is 0 Å². The fraction of sp³-hybridized carbons (Fsp3) is 0.0833. The maximum absolute atomic E-state index is 12.2. The second-order valence-corrected chi connectivity index (χ2v) is 8.42. The lowest BCUT2D eigenvalue weighted by atomic mass is 10.1. The molecule has 0 bridgehead atoms. The molecule has 4 nitrogen and oxygen atoms in total. The van der Waals surface area contributed by atoms with Gasteiger partial charge in [0.1, 0.15) is 5.82 Å². The zero-order chi connectivity index (χ0) is 22.1. The number of imidazole rings is 1. The highest BCUT2D eigenvalue weighted by molar-refractivity contribution is 6.31. The molecule has 0 amide bonds. The van der Waals surface area contributed by atoms with Gasteiger partial charge in [-0.15, -0.1) is 0 Å². The number of rotatable bonds is 5. The summed E-state index contributed by atoms with van der Waals surface area (Å²) in [6.45, 7) is 1.94. The van der Waals surface area contributed by atoms with Crippen LogP contribution in [-0.2, 0) is 6.42 Å². The summed E-state index contributed by atoms with van der Waals surface area (Å²) >= 11 is 18.7. The Morgan fingerprint density at radius 2 is 1.61 bits per heavy atom. The Morgan fingerprint density at radius 1 is 0.935 bits per heavy atom. The van der Waals surface area contributed by atoms with Crippen LogP contribution in [0.25, 0.3) is 16.9 Å². The summed E-state index contributed by atoms with van der Waals surface area (Å²) in [6.07, 6.45) is 0.382. The van der Waals surface area contributed by atoms with Crippen LogP contribution in [0.3, 0.4) is 0 Å². The van der Waals surface area contributed by atoms with E-state index in [0.29, 0.717) is 38.6 Å². The first kappa shape index (κ1) is 21.4. The molecule has 0 atom stereocenters. The Bertz CT molecular complexity index is 1300. The Balaban J connectivity index is 2.04. The lowest BCUT2D eigenvalue weighted by Gasteiger charge is -2.16. The van der Waals surface area contributed by atoms with E-state index in [9.17, 15) is 9.90 Å². The molecule has 0 spiro atoms. The maximum Gasteiger partial charge on any atom is 0.356 e. The highest BCUT2D eigenvalue weighted by Gasteiger charge is 2.25. The van der Waals surface area contributed by atoms with E-state index < -0.39 is 5.97 Å². The van der Waals surface area contributed by atoms with Crippen molar-refractivity contribution in [2.24, 2.45) is 0 Å². The van der Waals surface area contributed by atoms with Crippen LogP contribution in [0.15, 0.2) is 66.7 Å². The summed E-state index contributed by atoms with van der Waals surface area (Å²) in [4.78, 5) is 16.7. The Kier molecular flexibility index (Phi) is 6.05. The fourth-order valence-corrected chi connectivity index (χ4v) is 4.12. The summed E-state index contributed by atoms with van der Waals surface area (Å²) in [6, 6.07) is 20.0. The molecule has 4 aromatic rings. The number of nitrogens with zero attached hydrogens (tertiary/aromatic N) is 2. The minimum absolute atomic E-state index is 0.0568. The van der Waals surface area contributed by atoms with Crippen molar-refractivity contribution in [3.05, 3.63) is 104 Å². The quantitative estimate of drug-likeness (QED) is 0.338. The Labute approximate surface area is 194 Å². The SMILES string of the molecule is Cc1ccc(Cl)cc1-n1c(Cc2cccc(Cl)c2)nc(C(=O)O)c1-c1cccc(Cl)c1. The molecular weight excluding hydrogens is 455 g/mol. The van der Waals surface area contributed by atoms with Gasteiger partial charge < -0.3 is 5.11 Å². The van der Waals surface area contributed by atoms with E-state index in [1.54, 1.807) is 36.4 Å². The zero-order valence-corrected chi connectivity index (χ0v) is 18.7. The van der Waals surface area contributed by atoms with Crippen molar-refractivity contribution in [2.75, 3.05) is 0 Å². The third-order valence-corrected chi connectivity index (χ3v) is 5.62. The van der Waals surface area contributed by atoms with E-state index >= 15 is 0 Å². The van der Waals surface area contributed by atoms with Crippen molar-refractivity contribution < 1.29 is 9.90 Å². The van der Waals surface area contributed by atoms with Gasteiger partial charge in [-0.25, -0.2) is 9.78 Å². The fourth-order valence-electron chi connectivity index (χ4n) is 3.55. The van der Waals surface area contributed by atoms with Crippen LogP contribution in [0.4, 0.5) is 0 Å². The van der Waals surface area contributed by atoms with Crippen molar-refractivity contribution in [3.8, 4) is 16.9 Å². The van der Waals surface area contributed by atoms with Crippen molar-refractivity contribution >= 4 is 40.8 Å². The molecule has 0 saturated carbocycles. The maximum atomic E-state index is 12.2. The average molecular weight is 472 g/mol. The van der Waals surface area contributed by atoms with Gasteiger partial charge in [0.2, 0.25) is 0 Å². The van der Waals surface area contributed by atoms with Crippen LogP contribution in [-0.4, -0.2) is 20.6 Å². The Hall–Kier alpha value is -2.79. The number of halogens is 3. The average Bonchev–Trinajstić information content (AvgIpc) is 3.09. The molecule has 7 heteroatoms. The minimum atomic E-state index is -1.12. The third-order valence-electron chi connectivity index (χ3n) is 4.91. The van der Waals surface area contributed by atoms with Crippen molar-refractivity contribution in [2.45, 2.75) is 13.3 Å². The molecule has 0 radical (unpaired) electrons. The number of hydrogen-bond acceptors (Lipinski definition) is 2. The lowest BCUT2D eigenvalue weighted by Crippen LogP contribution is -2.06. The Morgan fingerprint density at radius 3 is 2.29 bits per heavy atom. The molecule has 1 aromatic heterocycles. The van der Waals surface area contributed by atoms with Crippen LogP contribution < -0.4 is 0 Å². The van der Waals surface area contributed by atoms with E-state index in [1.807, 2.05) is 41.8 Å². The van der Waals surface area contributed by atoms with E-state index in [-0.39, 0.29) is 5.69 Å². The van der Waals surface area contributed by atoms with Crippen LogP contribution in [0.1, 0.15) is 27.4 Å². The highest BCUT2D eigenvalue weighted by Crippen LogP contribution is 2.33. The molecule has 0 fully saturated rings. The monoisotopic (exact) mass is 470 g/mol. The summed E-state index contributed by atoms with van der Waals surface area (Å²) in [5.41, 5.74) is 3.62. The molecule has 0 aliphatic rings. The summed E-state index contributed by atoms with van der Waals surface area (Å²) < 4.78 is 1.84. The molecule has 0 aliphatic carbocycles. The third kappa shape index (κ3) is 4.47. The van der Waals surface area contributed by atoms with Crippen LogP contribution in [0.5, 0.6) is 0 Å². The number of hydrogen-bond donors (Lipinski definition) is 1. The van der Waals surface area contributed by atoms with Gasteiger partial charge in [-0.05, 0) is 54.4 Å². The van der Waals surface area contributed by atoms with Gasteiger partial charge in [-0.1, -0.05) is 65.1 Å². The van der Waals surface area contributed by atoms with E-state index in [1.165, 1.54) is 0 Å². The van der Waals surface area contributed by atoms with E-state index in [4.69, 9.17) is 34.8 Å². The van der Waals surface area contributed by atoms with Crippen molar-refractivity contribution in [3.63, 3.8) is 0 Å². The lowest BCUT2D eigenvalue weighted by molar-refractivity contribution is 0.0692. The highest BCUT2D eigenvalue weighted by atomic mass is 35.5. The van der Waals surface area contributed by atoms with Gasteiger partial charge in [0.05, 0.1) is 11.4 Å². The topological polar surface area (TPSA) is 55.1 Å². The second kappa shape index (κ2) is 8.75. The standard InChI is InChI=1S/C24H17Cl3N2O2/c1-14-8-9-19(27)13-20(14)29-21(11-15-4-2-6-17(25)10-15)28-22(24(30)31)23(29)16-5-3-7-18(26)12-16/h2-10,12-13H,11H2,1H3,(H,30,31). The number of carboxylic acids is 1. The normalized spacial score (nSPS) is 11.0. The predicted octanol–water partition coefficient (Wildman–Crippen LogP) is 7.10. The van der Waals surface area contributed by atoms with E-state index in [0.717, 1.165) is 16.8 Å². The summed E-state index contributed by atoms with van der Waals surface area (Å²) in [5, 5.41) is 11.6. The summed E-state index contributed by atoms with van der Waals surface area (Å²) in [7, 11) is 0. The molecule has 156 valence electrons. The predicted molar refractivity (Wildman–Crippen MR) is 125 cm³/mol. The van der Waals surface area contributed by atoms with Gasteiger partial charge in [0.25, 0.3) is 0 Å². The molecule has 1 N–H and O–H groups in total. The first-order valence-electron chi connectivity index (χ1n) is 9.45. The number of aromatic carboxylic acids is 1. The number of carboxylic acid groups (broad SMARTS) is 1. The molecule has 1 heterocycles. The van der Waals surface area contributed by atoms with E-state index in [2.05, 4.69) is 4.98 Å². The van der Waals surface area contributed by atoms with Crippen LogP contribution in [0.2, 0.25) is 15.1 Å². The minimum Gasteiger partial charge on any atom is -0.476 e. The molecule has 0 saturated heterocycles. The largest absolute Gasteiger partial charge is 0.476 e.